The van der Waals surface area contributed by atoms with Crippen molar-refractivity contribution in [3.05, 3.63) is 41.5 Å². The monoisotopic (exact) mass is 288 g/mol. The fraction of sp³-hybridized carbons (Fsp3) is 0.500. The molecular formula is C18H28N2O. The van der Waals surface area contributed by atoms with Crippen LogP contribution in [0.1, 0.15) is 38.8 Å². The van der Waals surface area contributed by atoms with E-state index in [1.165, 1.54) is 11.1 Å². The fourth-order valence-corrected chi connectivity index (χ4v) is 2.26. The second-order valence-corrected chi connectivity index (χ2v) is 6.11. The quantitative estimate of drug-likeness (QED) is 0.757. The molecule has 2 N–H and O–H groups in total. The number of benzene rings is 1. The minimum atomic E-state index is -0.151. The summed E-state index contributed by atoms with van der Waals surface area (Å²) in [6.07, 6.45) is 4.13. The smallest absolute Gasteiger partial charge is 0.0556 e. The van der Waals surface area contributed by atoms with Gasteiger partial charge in [-0.1, -0.05) is 44.2 Å². The van der Waals surface area contributed by atoms with Crippen LogP contribution < -0.4 is 5.32 Å². The molecule has 1 aromatic carbocycles. The number of aliphatic hydroxyl groups is 1. The molecule has 0 spiro atoms. The number of nitrogens with zero attached hydrogens (tertiary/aromatic N) is 1. The van der Waals surface area contributed by atoms with Crippen molar-refractivity contribution in [3.8, 4) is 0 Å². The zero-order chi connectivity index (χ0) is 15.9. The van der Waals surface area contributed by atoms with Gasteiger partial charge in [-0.3, -0.25) is 4.99 Å². The van der Waals surface area contributed by atoms with E-state index in [1.807, 2.05) is 6.21 Å². The largest absolute Gasteiger partial charge is 0.395 e. The van der Waals surface area contributed by atoms with E-state index in [4.69, 9.17) is 5.11 Å². The highest BCUT2D eigenvalue weighted by molar-refractivity contribution is 6.09. The van der Waals surface area contributed by atoms with Crippen LogP contribution in [-0.2, 0) is 5.54 Å². The first kappa shape index (κ1) is 17.6. The summed E-state index contributed by atoms with van der Waals surface area (Å²) in [5.41, 5.74) is 3.38. The van der Waals surface area contributed by atoms with Gasteiger partial charge in [-0.05, 0) is 36.5 Å². The zero-order valence-electron chi connectivity index (χ0n) is 13.9. The van der Waals surface area contributed by atoms with Crippen LogP contribution >= 0.6 is 0 Å². The lowest BCUT2D eigenvalue weighted by Crippen LogP contribution is -2.38. The van der Waals surface area contributed by atoms with E-state index in [0.29, 0.717) is 12.5 Å². The topological polar surface area (TPSA) is 44.6 Å². The minimum absolute atomic E-state index is 0.149. The third kappa shape index (κ3) is 5.44. The van der Waals surface area contributed by atoms with Crippen molar-refractivity contribution in [2.45, 2.75) is 33.2 Å². The van der Waals surface area contributed by atoms with Crippen molar-refractivity contribution in [3.63, 3.8) is 0 Å². The van der Waals surface area contributed by atoms with E-state index in [1.54, 1.807) is 7.05 Å². The van der Waals surface area contributed by atoms with E-state index in [9.17, 15) is 0 Å². The molecule has 1 aromatic rings. The molecule has 0 atom stereocenters. The van der Waals surface area contributed by atoms with Crippen LogP contribution in [0.2, 0.25) is 0 Å². The van der Waals surface area contributed by atoms with Crippen LogP contribution in [0.4, 0.5) is 0 Å². The predicted molar refractivity (Wildman–Crippen MR) is 91.8 cm³/mol. The summed E-state index contributed by atoms with van der Waals surface area (Å²) in [4.78, 5) is 4.14. The normalized spacial score (nSPS) is 13.4. The summed E-state index contributed by atoms with van der Waals surface area (Å²) in [6.45, 7) is 9.32. The number of allylic oxidation sites excluding steroid dienone is 2. The van der Waals surface area contributed by atoms with Crippen molar-refractivity contribution in [1.82, 2.24) is 5.32 Å². The van der Waals surface area contributed by atoms with Gasteiger partial charge < -0.3 is 10.4 Å². The van der Waals surface area contributed by atoms with Crippen molar-refractivity contribution in [1.29, 1.82) is 0 Å². The Morgan fingerprint density at radius 3 is 2.38 bits per heavy atom. The predicted octanol–water partition coefficient (Wildman–Crippen LogP) is 3.24. The maximum Gasteiger partial charge on any atom is 0.0556 e. The summed E-state index contributed by atoms with van der Waals surface area (Å²) in [5.74, 6) is 0.486. The Kier molecular flexibility index (Phi) is 6.79. The Balaban J connectivity index is 3.00. The molecule has 0 heterocycles. The summed E-state index contributed by atoms with van der Waals surface area (Å²) in [5, 5.41) is 12.3. The van der Waals surface area contributed by atoms with Gasteiger partial charge in [0.15, 0.2) is 0 Å². The van der Waals surface area contributed by atoms with Gasteiger partial charge in [-0.15, -0.1) is 0 Å². The molecule has 0 amide bonds. The number of nitrogens with one attached hydrogen (secondary N) is 1. The van der Waals surface area contributed by atoms with Gasteiger partial charge in [0.05, 0.1) is 6.61 Å². The number of aliphatic hydroxyl groups excluding tert-OH is 1. The summed E-state index contributed by atoms with van der Waals surface area (Å²) < 4.78 is 0. The highest BCUT2D eigenvalue weighted by atomic mass is 16.3. The Hall–Kier alpha value is -1.45. The van der Waals surface area contributed by atoms with E-state index in [0.717, 1.165) is 5.57 Å². The average molecular weight is 288 g/mol. The molecule has 21 heavy (non-hydrogen) atoms. The van der Waals surface area contributed by atoms with Gasteiger partial charge in [0.25, 0.3) is 0 Å². The van der Waals surface area contributed by atoms with Gasteiger partial charge in [0.2, 0.25) is 0 Å². The average Bonchev–Trinajstić information content (AvgIpc) is 2.44. The SMILES string of the molecule is CN=C/C(=C\C(C)C)c1ccc(C(C)(C)NCCO)cc1. The van der Waals surface area contributed by atoms with Crippen molar-refractivity contribution in [2.24, 2.45) is 10.9 Å². The molecule has 3 heteroatoms. The fourth-order valence-electron chi connectivity index (χ4n) is 2.26. The zero-order valence-corrected chi connectivity index (χ0v) is 13.9. The molecule has 0 aliphatic heterocycles. The first-order valence-corrected chi connectivity index (χ1v) is 7.51. The van der Waals surface area contributed by atoms with E-state index in [-0.39, 0.29) is 12.1 Å². The Morgan fingerprint density at radius 1 is 1.29 bits per heavy atom. The highest BCUT2D eigenvalue weighted by Gasteiger charge is 2.19. The molecule has 0 unspecified atom stereocenters. The lowest BCUT2D eigenvalue weighted by molar-refractivity contribution is 0.267. The maximum atomic E-state index is 8.95. The number of aliphatic imine (C=N–C) groups is 1. The summed E-state index contributed by atoms with van der Waals surface area (Å²) >= 11 is 0. The number of rotatable bonds is 7. The minimum Gasteiger partial charge on any atom is -0.395 e. The van der Waals surface area contributed by atoms with Crippen molar-refractivity contribution in [2.75, 3.05) is 20.2 Å². The van der Waals surface area contributed by atoms with Crippen LogP contribution in [0.15, 0.2) is 35.3 Å². The molecule has 0 aliphatic rings. The third-order valence-corrected chi connectivity index (χ3v) is 3.40. The van der Waals surface area contributed by atoms with Gasteiger partial charge in [0, 0.05) is 25.3 Å². The van der Waals surface area contributed by atoms with E-state index >= 15 is 0 Å². The molecule has 3 nitrogen and oxygen atoms in total. The van der Waals surface area contributed by atoms with Crippen LogP contribution in [0.3, 0.4) is 0 Å². The van der Waals surface area contributed by atoms with Gasteiger partial charge in [-0.25, -0.2) is 0 Å². The van der Waals surface area contributed by atoms with Crippen LogP contribution in [0.5, 0.6) is 0 Å². The highest BCUT2D eigenvalue weighted by Crippen LogP contribution is 2.23. The molecule has 1 rings (SSSR count). The van der Waals surface area contributed by atoms with Crippen LogP contribution in [0.25, 0.3) is 5.57 Å². The lowest BCUT2D eigenvalue weighted by atomic mass is 9.92. The van der Waals surface area contributed by atoms with Crippen molar-refractivity contribution >= 4 is 11.8 Å². The van der Waals surface area contributed by atoms with Crippen LogP contribution in [-0.4, -0.2) is 31.5 Å². The lowest BCUT2D eigenvalue weighted by Gasteiger charge is -2.27. The Labute approximate surface area is 128 Å². The molecule has 0 aromatic heterocycles. The van der Waals surface area contributed by atoms with E-state index < -0.39 is 0 Å². The van der Waals surface area contributed by atoms with Gasteiger partial charge in [-0.2, -0.15) is 0 Å². The van der Waals surface area contributed by atoms with E-state index in [2.05, 4.69) is 68.3 Å². The third-order valence-electron chi connectivity index (χ3n) is 3.40. The summed E-state index contributed by atoms with van der Waals surface area (Å²) in [7, 11) is 1.80. The first-order chi connectivity index (χ1) is 9.90. The number of hydrogen-bond donors (Lipinski definition) is 2. The number of hydrogen-bond acceptors (Lipinski definition) is 3. The summed E-state index contributed by atoms with van der Waals surface area (Å²) in [6, 6.07) is 8.54. The second-order valence-electron chi connectivity index (χ2n) is 6.11. The molecule has 0 bridgehead atoms. The molecule has 0 saturated carbocycles. The molecule has 0 aliphatic carbocycles. The second kappa shape index (κ2) is 8.11. The molecule has 0 fully saturated rings. The first-order valence-electron chi connectivity index (χ1n) is 7.51. The molecule has 0 saturated heterocycles. The Bertz CT molecular complexity index is 484. The molecule has 116 valence electrons. The molecular weight excluding hydrogens is 260 g/mol. The Morgan fingerprint density at radius 2 is 1.90 bits per heavy atom. The van der Waals surface area contributed by atoms with Gasteiger partial charge >= 0.3 is 0 Å². The van der Waals surface area contributed by atoms with Gasteiger partial charge in [0.1, 0.15) is 0 Å². The molecule has 0 radical (unpaired) electrons. The van der Waals surface area contributed by atoms with Crippen LogP contribution in [0, 0.1) is 5.92 Å². The van der Waals surface area contributed by atoms with Crippen molar-refractivity contribution < 1.29 is 5.11 Å². The standard InChI is InChI=1S/C18H28N2O/c1-14(2)12-16(13-19-5)15-6-8-17(9-7-15)18(3,4)20-10-11-21/h6-9,12-14,20-21H,10-11H2,1-5H3/b16-12+,19-13?. The maximum absolute atomic E-state index is 8.95.